The number of hydrogen-bond donors (Lipinski definition) is 2. The Morgan fingerprint density at radius 3 is 2.80 bits per heavy atom. The van der Waals surface area contributed by atoms with E-state index >= 15 is 0 Å². The van der Waals surface area contributed by atoms with Gasteiger partial charge in [-0.3, -0.25) is 0 Å². The van der Waals surface area contributed by atoms with Gasteiger partial charge in [-0.25, -0.2) is 4.98 Å². The van der Waals surface area contributed by atoms with Crippen LogP contribution in [0.5, 0.6) is 5.75 Å². The molecule has 0 unspecified atom stereocenters. The number of nitrogens with one attached hydrogen (secondary N) is 1. The second kappa shape index (κ2) is 6.32. The van der Waals surface area contributed by atoms with Gasteiger partial charge in [0.05, 0.1) is 30.2 Å². The molecule has 3 N–H and O–H groups in total. The molecule has 2 aromatic rings. The topological polar surface area (TPSA) is 73.3 Å². The zero-order chi connectivity index (χ0) is 14.5. The highest BCUT2D eigenvalue weighted by Gasteiger charge is 2.08. The minimum atomic E-state index is 0.496. The molecular formula is C15H21N3O2. The molecule has 0 saturated heterocycles. The van der Waals surface area contributed by atoms with Gasteiger partial charge in [0.2, 0.25) is 5.89 Å². The Kier molecular flexibility index (Phi) is 4.50. The highest BCUT2D eigenvalue weighted by atomic mass is 16.5. The Hall–Kier alpha value is -2.17. The monoisotopic (exact) mass is 275 g/mol. The largest absolute Gasteiger partial charge is 0.491 e. The predicted molar refractivity (Wildman–Crippen MR) is 79.9 cm³/mol. The van der Waals surface area contributed by atoms with Crippen LogP contribution in [0.4, 0.5) is 11.4 Å². The van der Waals surface area contributed by atoms with Gasteiger partial charge in [0, 0.05) is 0 Å². The smallest absolute Gasteiger partial charge is 0.213 e. The fourth-order valence-electron chi connectivity index (χ4n) is 1.82. The average Bonchev–Trinajstić information content (AvgIpc) is 2.75. The van der Waals surface area contributed by atoms with Gasteiger partial charge in [-0.05, 0) is 32.4 Å². The minimum absolute atomic E-state index is 0.496. The van der Waals surface area contributed by atoms with Crippen LogP contribution >= 0.6 is 0 Å². The van der Waals surface area contributed by atoms with Gasteiger partial charge in [-0.1, -0.05) is 13.0 Å². The van der Waals surface area contributed by atoms with E-state index in [0.717, 1.165) is 23.6 Å². The summed E-state index contributed by atoms with van der Waals surface area (Å²) in [5, 5.41) is 3.23. The third-order valence-electron chi connectivity index (χ3n) is 3.03. The van der Waals surface area contributed by atoms with Crippen LogP contribution < -0.4 is 15.8 Å². The Balaban J connectivity index is 2.05. The number of aryl methyl sites for hydroxylation is 2. The second-order valence-electron chi connectivity index (χ2n) is 4.67. The van der Waals surface area contributed by atoms with Crippen molar-refractivity contribution in [2.45, 2.75) is 33.7 Å². The quantitative estimate of drug-likeness (QED) is 0.791. The van der Waals surface area contributed by atoms with E-state index in [1.165, 1.54) is 0 Å². The summed E-state index contributed by atoms with van der Waals surface area (Å²) in [4.78, 5) is 4.33. The van der Waals surface area contributed by atoms with Gasteiger partial charge in [0.15, 0.2) is 0 Å². The van der Waals surface area contributed by atoms with Crippen LogP contribution in [0.1, 0.15) is 30.7 Å². The summed E-state index contributed by atoms with van der Waals surface area (Å²) >= 11 is 0. The van der Waals surface area contributed by atoms with Crippen LogP contribution in [0.15, 0.2) is 22.6 Å². The second-order valence-corrected chi connectivity index (χ2v) is 4.67. The zero-order valence-electron chi connectivity index (χ0n) is 12.2. The molecule has 2 rings (SSSR count). The molecule has 5 nitrogen and oxygen atoms in total. The van der Waals surface area contributed by atoms with Gasteiger partial charge >= 0.3 is 0 Å². The van der Waals surface area contributed by atoms with Crippen molar-refractivity contribution >= 4 is 11.4 Å². The lowest BCUT2D eigenvalue weighted by atomic mass is 10.2. The van der Waals surface area contributed by atoms with E-state index in [1.54, 1.807) is 0 Å². The first-order valence-corrected chi connectivity index (χ1v) is 6.80. The first-order chi connectivity index (χ1) is 9.61. The van der Waals surface area contributed by atoms with Crippen molar-refractivity contribution in [1.29, 1.82) is 0 Å². The number of nitrogens with zero attached hydrogens (tertiary/aromatic N) is 1. The fourth-order valence-corrected chi connectivity index (χ4v) is 1.82. The summed E-state index contributed by atoms with van der Waals surface area (Å²) in [6.07, 6.45) is 0.950. The Morgan fingerprint density at radius 2 is 2.15 bits per heavy atom. The number of oxazole rings is 1. The van der Waals surface area contributed by atoms with Crippen molar-refractivity contribution in [3.63, 3.8) is 0 Å². The molecule has 0 aliphatic carbocycles. The lowest BCUT2D eigenvalue weighted by Crippen LogP contribution is -2.05. The van der Waals surface area contributed by atoms with Gasteiger partial charge < -0.3 is 20.2 Å². The molecule has 1 aromatic heterocycles. The molecule has 0 spiro atoms. The normalized spacial score (nSPS) is 10.6. The van der Waals surface area contributed by atoms with E-state index in [2.05, 4.69) is 17.2 Å². The third kappa shape index (κ3) is 3.23. The molecule has 0 radical (unpaired) electrons. The molecule has 1 aromatic carbocycles. The van der Waals surface area contributed by atoms with Crippen LogP contribution in [0.3, 0.4) is 0 Å². The summed E-state index contributed by atoms with van der Waals surface area (Å²) in [6, 6.07) is 5.70. The van der Waals surface area contributed by atoms with E-state index < -0.39 is 0 Å². The number of benzene rings is 1. The molecule has 5 heteroatoms. The summed E-state index contributed by atoms with van der Waals surface area (Å²) in [7, 11) is 0. The summed E-state index contributed by atoms with van der Waals surface area (Å²) in [6.45, 7) is 7.04. The molecular weight excluding hydrogens is 254 g/mol. The van der Waals surface area contributed by atoms with E-state index in [9.17, 15) is 0 Å². The Bertz CT molecular complexity index is 559. The van der Waals surface area contributed by atoms with E-state index in [0.29, 0.717) is 30.5 Å². The van der Waals surface area contributed by atoms with Crippen molar-refractivity contribution in [1.82, 2.24) is 4.98 Å². The highest BCUT2D eigenvalue weighted by Crippen LogP contribution is 2.29. The zero-order valence-corrected chi connectivity index (χ0v) is 12.2. The van der Waals surface area contributed by atoms with Gasteiger partial charge in [-0.2, -0.15) is 0 Å². The Morgan fingerprint density at radius 1 is 1.35 bits per heavy atom. The number of anilines is 2. The van der Waals surface area contributed by atoms with Crippen LogP contribution in [0.2, 0.25) is 0 Å². The molecule has 1 heterocycles. The lowest BCUT2D eigenvalue weighted by molar-refractivity contribution is 0.319. The van der Waals surface area contributed by atoms with Crippen LogP contribution in [-0.2, 0) is 6.54 Å². The predicted octanol–water partition coefficient (Wildman–Crippen LogP) is 3.27. The minimum Gasteiger partial charge on any atom is -0.491 e. The maximum Gasteiger partial charge on any atom is 0.213 e. The molecule has 0 fully saturated rings. The van der Waals surface area contributed by atoms with Gasteiger partial charge in [0.1, 0.15) is 11.5 Å². The molecule has 0 aliphatic heterocycles. The van der Waals surface area contributed by atoms with Gasteiger partial charge in [-0.15, -0.1) is 0 Å². The summed E-state index contributed by atoms with van der Waals surface area (Å²) in [5.41, 5.74) is 8.43. The third-order valence-corrected chi connectivity index (χ3v) is 3.03. The Labute approximate surface area is 119 Å². The number of nitrogen functional groups attached to an aromatic ring is 1. The van der Waals surface area contributed by atoms with Crippen LogP contribution in [-0.4, -0.2) is 11.6 Å². The van der Waals surface area contributed by atoms with Crippen molar-refractivity contribution in [2.24, 2.45) is 0 Å². The summed E-state index contributed by atoms with van der Waals surface area (Å²) in [5.74, 6) is 2.20. The molecule has 0 amide bonds. The molecule has 0 aliphatic rings. The molecule has 108 valence electrons. The summed E-state index contributed by atoms with van der Waals surface area (Å²) < 4.78 is 11.1. The molecule has 0 saturated carbocycles. The molecule has 20 heavy (non-hydrogen) atoms. The van der Waals surface area contributed by atoms with Crippen molar-refractivity contribution in [3.05, 3.63) is 35.5 Å². The number of nitrogens with two attached hydrogens (primary N) is 1. The number of aromatic nitrogens is 1. The number of ether oxygens (including phenoxy) is 1. The number of para-hydroxylation sites is 1. The first kappa shape index (κ1) is 14.2. The maximum absolute atomic E-state index is 6.08. The van der Waals surface area contributed by atoms with Crippen molar-refractivity contribution < 1.29 is 9.15 Å². The van der Waals surface area contributed by atoms with Crippen molar-refractivity contribution in [3.8, 4) is 5.75 Å². The van der Waals surface area contributed by atoms with Crippen LogP contribution in [0, 0.1) is 13.8 Å². The molecule has 0 bridgehead atoms. The van der Waals surface area contributed by atoms with Gasteiger partial charge in [0.25, 0.3) is 0 Å². The fraction of sp³-hybridized carbons (Fsp3) is 0.400. The number of rotatable bonds is 6. The van der Waals surface area contributed by atoms with E-state index in [4.69, 9.17) is 14.9 Å². The highest BCUT2D eigenvalue weighted by molar-refractivity contribution is 5.72. The first-order valence-electron chi connectivity index (χ1n) is 6.80. The standard InChI is InChI=1S/C15H21N3O2/c1-4-8-19-13-7-5-6-12(15(13)16)17-9-14-18-10(2)11(3)20-14/h5-7,17H,4,8-9,16H2,1-3H3. The van der Waals surface area contributed by atoms with Crippen LogP contribution in [0.25, 0.3) is 0 Å². The maximum atomic E-state index is 6.08. The van der Waals surface area contributed by atoms with E-state index in [-0.39, 0.29) is 0 Å². The van der Waals surface area contributed by atoms with E-state index in [1.807, 2.05) is 32.0 Å². The lowest BCUT2D eigenvalue weighted by Gasteiger charge is -2.12. The average molecular weight is 275 g/mol. The molecule has 0 atom stereocenters. The van der Waals surface area contributed by atoms with Crippen molar-refractivity contribution in [2.75, 3.05) is 17.7 Å². The SMILES string of the molecule is CCCOc1cccc(NCc2nc(C)c(C)o2)c1N. The number of hydrogen-bond acceptors (Lipinski definition) is 5.